The third-order valence-corrected chi connectivity index (χ3v) is 3.20. The fraction of sp³-hybridized carbons (Fsp3) is 0.500. The summed E-state index contributed by atoms with van der Waals surface area (Å²) >= 11 is 0. The highest BCUT2D eigenvalue weighted by molar-refractivity contribution is 5.79. The van der Waals surface area contributed by atoms with Crippen molar-refractivity contribution in [3.63, 3.8) is 0 Å². The van der Waals surface area contributed by atoms with E-state index in [2.05, 4.69) is 10.6 Å². The summed E-state index contributed by atoms with van der Waals surface area (Å²) in [6.07, 6.45) is -0.190. The normalized spacial score (nSPS) is 12.4. The lowest BCUT2D eigenvalue weighted by Gasteiger charge is -2.21. The minimum absolute atomic E-state index is 0.190. The Balaban J connectivity index is 2.86. The van der Waals surface area contributed by atoms with Crippen molar-refractivity contribution in [2.24, 2.45) is 5.73 Å². The molecule has 1 atom stereocenters. The monoisotopic (exact) mass is 343 g/mol. The highest BCUT2D eigenvalue weighted by Gasteiger charge is 2.28. The summed E-state index contributed by atoms with van der Waals surface area (Å²) < 4.78 is 31.7. The van der Waals surface area contributed by atoms with Crippen LogP contribution in [0, 0.1) is 0 Å². The van der Waals surface area contributed by atoms with E-state index in [-0.39, 0.29) is 12.3 Å². The lowest BCUT2D eigenvalue weighted by Crippen LogP contribution is -2.42. The van der Waals surface area contributed by atoms with Crippen LogP contribution in [0.2, 0.25) is 0 Å². The summed E-state index contributed by atoms with van der Waals surface area (Å²) in [4.78, 5) is 23.4. The van der Waals surface area contributed by atoms with Gasteiger partial charge < -0.3 is 21.1 Å². The van der Waals surface area contributed by atoms with Crippen molar-refractivity contribution in [1.82, 2.24) is 10.6 Å². The molecule has 6 nitrogen and oxygen atoms in total. The Morgan fingerprint density at radius 1 is 1.33 bits per heavy atom. The van der Waals surface area contributed by atoms with E-state index in [0.29, 0.717) is 17.9 Å². The van der Waals surface area contributed by atoms with E-state index in [1.54, 1.807) is 24.3 Å². The number of halogens is 2. The number of carbonyl (C=O) groups is 2. The van der Waals surface area contributed by atoms with Gasteiger partial charge in [0.05, 0.1) is 32.2 Å². The van der Waals surface area contributed by atoms with Crippen LogP contribution in [0.4, 0.5) is 8.78 Å². The second-order valence-electron chi connectivity index (χ2n) is 5.26. The first-order valence-corrected chi connectivity index (χ1v) is 7.62. The van der Waals surface area contributed by atoms with Crippen LogP contribution in [0.3, 0.4) is 0 Å². The van der Waals surface area contributed by atoms with Gasteiger partial charge in [0, 0.05) is 12.5 Å². The van der Waals surface area contributed by atoms with Crippen LogP contribution in [0.15, 0.2) is 24.3 Å². The molecule has 1 aromatic carbocycles. The molecule has 0 fully saturated rings. The maximum absolute atomic E-state index is 13.1. The summed E-state index contributed by atoms with van der Waals surface area (Å²) in [5.41, 5.74) is 5.54. The predicted molar refractivity (Wildman–Crippen MR) is 85.8 cm³/mol. The first kappa shape index (κ1) is 19.8. The van der Waals surface area contributed by atoms with Crippen molar-refractivity contribution in [2.45, 2.75) is 32.2 Å². The zero-order valence-electron chi connectivity index (χ0n) is 13.8. The number of alkyl halides is 2. The number of para-hydroxylation sites is 1. The maximum Gasteiger partial charge on any atom is 0.277 e. The molecule has 0 bridgehead atoms. The fourth-order valence-electron chi connectivity index (χ4n) is 2.10. The second kappa shape index (κ2) is 9.17. The number of hydrogen-bond donors (Lipinski definition) is 3. The average molecular weight is 343 g/mol. The molecule has 0 spiro atoms. The molecule has 1 rings (SSSR count). The van der Waals surface area contributed by atoms with E-state index in [0.717, 1.165) is 0 Å². The standard InChI is InChI=1S/C16H23F2N3O3/c1-3-24-14-7-5-4-6-12(14)13(21-11(2)22)8-15(23)20-10-16(17,18)9-19/h4-7,13H,3,8-10,19H2,1-2H3,(H,20,23)(H,21,22). The van der Waals surface area contributed by atoms with E-state index in [1.165, 1.54) is 6.92 Å². The lowest BCUT2D eigenvalue weighted by atomic mass is 10.0. The molecule has 0 heterocycles. The van der Waals surface area contributed by atoms with Crippen molar-refractivity contribution in [2.75, 3.05) is 19.7 Å². The Morgan fingerprint density at radius 3 is 2.58 bits per heavy atom. The molecule has 1 unspecified atom stereocenters. The Hall–Kier alpha value is -2.22. The van der Waals surface area contributed by atoms with Gasteiger partial charge in [0.15, 0.2) is 0 Å². The molecule has 8 heteroatoms. The molecule has 0 radical (unpaired) electrons. The van der Waals surface area contributed by atoms with Crippen molar-refractivity contribution in [3.8, 4) is 5.75 Å². The maximum atomic E-state index is 13.1. The molecule has 0 aromatic heterocycles. The zero-order chi connectivity index (χ0) is 18.2. The molecular weight excluding hydrogens is 320 g/mol. The highest BCUT2D eigenvalue weighted by Crippen LogP contribution is 2.27. The van der Waals surface area contributed by atoms with E-state index in [4.69, 9.17) is 10.5 Å². The van der Waals surface area contributed by atoms with Gasteiger partial charge in [-0.15, -0.1) is 0 Å². The lowest BCUT2D eigenvalue weighted by molar-refractivity contribution is -0.124. The molecule has 4 N–H and O–H groups in total. The Labute approximate surface area is 139 Å². The average Bonchev–Trinajstić information content (AvgIpc) is 2.53. The first-order valence-electron chi connectivity index (χ1n) is 7.62. The quantitative estimate of drug-likeness (QED) is 0.631. The predicted octanol–water partition coefficient (Wildman–Crippen LogP) is 1.36. The Kier molecular flexibility index (Phi) is 7.57. The van der Waals surface area contributed by atoms with E-state index in [9.17, 15) is 18.4 Å². The fourth-order valence-corrected chi connectivity index (χ4v) is 2.10. The Bertz CT molecular complexity index is 567. The third kappa shape index (κ3) is 6.49. The largest absolute Gasteiger partial charge is 0.494 e. The first-order chi connectivity index (χ1) is 11.3. The number of benzene rings is 1. The summed E-state index contributed by atoms with van der Waals surface area (Å²) in [7, 11) is 0. The van der Waals surface area contributed by atoms with Crippen LogP contribution < -0.4 is 21.1 Å². The molecule has 0 aliphatic heterocycles. The third-order valence-electron chi connectivity index (χ3n) is 3.20. The second-order valence-corrected chi connectivity index (χ2v) is 5.26. The van der Waals surface area contributed by atoms with Crippen LogP contribution in [0.25, 0.3) is 0 Å². The van der Waals surface area contributed by atoms with Gasteiger partial charge >= 0.3 is 0 Å². The van der Waals surface area contributed by atoms with Crippen molar-refractivity contribution >= 4 is 11.8 Å². The highest BCUT2D eigenvalue weighted by atomic mass is 19.3. The number of nitrogens with two attached hydrogens (primary N) is 1. The number of rotatable bonds is 9. The number of hydrogen-bond acceptors (Lipinski definition) is 4. The number of ether oxygens (including phenoxy) is 1. The molecule has 0 saturated heterocycles. The minimum atomic E-state index is -3.16. The molecule has 0 saturated carbocycles. The van der Waals surface area contributed by atoms with Crippen LogP contribution in [0.1, 0.15) is 31.9 Å². The van der Waals surface area contributed by atoms with Gasteiger partial charge in [-0.25, -0.2) is 8.78 Å². The van der Waals surface area contributed by atoms with Crippen molar-refractivity contribution < 1.29 is 23.1 Å². The molecule has 0 aliphatic rings. The van der Waals surface area contributed by atoms with Gasteiger partial charge in [-0.1, -0.05) is 18.2 Å². The van der Waals surface area contributed by atoms with Gasteiger partial charge in [-0.2, -0.15) is 0 Å². The molecular formula is C16H23F2N3O3. The molecule has 1 aromatic rings. The SMILES string of the molecule is CCOc1ccccc1C(CC(=O)NCC(F)(F)CN)NC(C)=O. The van der Waals surface area contributed by atoms with Gasteiger partial charge in [0.1, 0.15) is 5.75 Å². The molecule has 24 heavy (non-hydrogen) atoms. The molecule has 0 aliphatic carbocycles. The molecule has 2 amide bonds. The number of amides is 2. The summed E-state index contributed by atoms with van der Waals surface area (Å²) in [6.45, 7) is 1.85. The van der Waals surface area contributed by atoms with Crippen LogP contribution >= 0.6 is 0 Å². The number of carbonyl (C=O) groups excluding carboxylic acids is 2. The summed E-state index contributed by atoms with van der Waals surface area (Å²) in [5.74, 6) is -3.60. The van der Waals surface area contributed by atoms with Gasteiger partial charge in [0.2, 0.25) is 11.8 Å². The Morgan fingerprint density at radius 2 is 2.00 bits per heavy atom. The van der Waals surface area contributed by atoms with Crippen molar-refractivity contribution in [1.29, 1.82) is 0 Å². The van der Waals surface area contributed by atoms with Gasteiger partial charge in [-0.3, -0.25) is 9.59 Å². The van der Waals surface area contributed by atoms with E-state index in [1.807, 2.05) is 6.92 Å². The smallest absolute Gasteiger partial charge is 0.277 e. The van der Waals surface area contributed by atoms with Crippen molar-refractivity contribution in [3.05, 3.63) is 29.8 Å². The van der Waals surface area contributed by atoms with E-state index >= 15 is 0 Å². The van der Waals surface area contributed by atoms with E-state index < -0.39 is 31.0 Å². The number of nitrogens with one attached hydrogen (secondary N) is 2. The summed E-state index contributed by atoms with van der Waals surface area (Å²) in [6, 6.07) is 6.26. The summed E-state index contributed by atoms with van der Waals surface area (Å²) in [5, 5.41) is 4.78. The van der Waals surface area contributed by atoms with Crippen LogP contribution in [-0.4, -0.2) is 37.4 Å². The zero-order valence-corrected chi connectivity index (χ0v) is 13.8. The van der Waals surface area contributed by atoms with Crippen LogP contribution in [0.5, 0.6) is 5.75 Å². The van der Waals surface area contributed by atoms with Gasteiger partial charge in [-0.05, 0) is 13.0 Å². The minimum Gasteiger partial charge on any atom is -0.494 e. The van der Waals surface area contributed by atoms with Gasteiger partial charge in [0.25, 0.3) is 5.92 Å². The van der Waals surface area contributed by atoms with Crippen LogP contribution in [-0.2, 0) is 9.59 Å². The topological polar surface area (TPSA) is 93.4 Å². The molecule has 134 valence electrons.